The molecule has 3 N–H and O–H groups in total. The van der Waals surface area contributed by atoms with Gasteiger partial charge in [-0.15, -0.1) is 0 Å². The molecule has 2 aliphatic heterocycles. The third-order valence-corrected chi connectivity index (χ3v) is 2.61. The first-order valence-electron chi connectivity index (χ1n) is 5.48. The molecular weight excluding hydrogens is 224 g/mol. The molecule has 0 bridgehead atoms. The maximum Gasteiger partial charge on any atom is 0.303 e. The summed E-state index contributed by atoms with van der Waals surface area (Å²) in [6, 6.07) is 0. The van der Waals surface area contributed by atoms with Crippen molar-refractivity contribution in [3.8, 4) is 0 Å². The van der Waals surface area contributed by atoms with Crippen LogP contribution in [0.5, 0.6) is 0 Å². The van der Waals surface area contributed by atoms with Gasteiger partial charge in [0.15, 0.2) is 6.10 Å². The first kappa shape index (κ1) is 11.9. The number of hydrazone groups is 1. The van der Waals surface area contributed by atoms with Gasteiger partial charge in [-0.3, -0.25) is 16.0 Å². The molecule has 7 heteroatoms. The minimum atomic E-state index is -1.27. The average Bonchev–Trinajstić information content (AvgIpc) is 2.33. The van der Waals surface area contributed by atoms with Crippen LogP contribution in [-0.2, 0) is 14.3 Å². The lowest BCUT2D eigenvalue weighted by molar-refractivity contribution is -0.252. The summed E-state index contributed by atoms with van der Waals surface area (Å²) in [5.41, 5.74) is 8.99. The molecule has 2 aliphatic rings. The lowest BCUT2D eigenvalue weighted by Crippen LogP contribution is -2.69. The molecule has 2 heterocycles. The van der Waals surface area contributed by atoms with Crippen molar-refractivity contribution < 1.29 is 14.3 Å². The Labute approximate surface area is 99.2 Å². The lowest BCUT2D eigenvalue weighted by Gasteiger charge is -2.44. The number of carbonyl (C=O) groups is 1. The van der Waals surface area contributed by atoms with Gasteiger partial charge in [-0.05, 0) is 18.9 Å². The van der Waals surface area contributed by atoms with E-state index in [4.69, 9.17) is 15.2 Å². The van der Waals surface area contributed by atoms with Crippen LogP contribution < -0.4 is 11.2 Å². The summed E-state index contributed by atoms with van der Waals surface area (Å²) in [4.78, 5) is 11.1. The molecule has 0 spiro atoms. The fourth-order valence-electron chi connectivity index (χ4n) is 1.83. The zero-order chi connectivity index (χ0) is 12.3. The number of hydrogen-bond acceptors (Lipinski definition) is 7. The van der Waals surface area contributed by atoms with Gasteiger partial charge in [-0.25, -0.2) is 0 Å². The van der Waals surface area contributed by atoms with Gasteiger partial charge < -0.3 is 9.47 Å². The van der Waals surface area contributed by atoms with Crippen molar-refractivity contribution in [3.05, 3.63) is 12.3 Å². The molecule has 94 valence electrons. The summed E-state index contributed by atoms with van der Waals surface area (Å²) in [5.74, 6) is -1.66. The third-order valence-electron chi connectivity index (χ3n) is 2.61. The highest BCUT2D eigenvalue weighted by molar-refractivity contribution is 5.71. The number of hydrogen-bond donors (Lipinski definition) is 2. The van der Waals surface area contributed by atoms with Crippen molar-refractivity contribution in [2.75, 3.05) is 6.61 Å². The van der Waals surface area contributed by atoms with Gasteiger partial charge in [0, 0.05) is 13.1 Å². The van der Waals surface area contributed by atoms with Gasteiger partial charge in [-0.1, -0.05) is 0 Å². The van der Waals surface area contributed by atoms with Gasteiger partial charge >= 0.3 is 5.97 Å². The summed E-state index contributed by atoms with van der Waals surface area (Å²) in [6.07, 6.45) is 5.87. The summed E-state index contributed by atoms with van der Waals surface area (Å²) < 4.78 is 10.7. The van der Waals surface area contributed by atoms with E-state index in [0.29, 0.717) is 13.0 Å². The van der Waals surface area contributed by atoms with E-state index < -0.39 is 12.0 Å². The van der Waals surface area contributed by atoms with Gasteiger partial charge in [-0.2, -0.15) is 10.2 Å². The standard InChI is InChI=1S/C10H16N4O3/c1-8(15)17-9-4-2-7-16-10(9,11)14-12-5-3-6-13-14/h3,5-6,9,12H,2,4,7,11H2,1H3. The predicted octanol–water partition coefficient (Wildman–Crippen LogP) is -0.339. The van der Waals surface area contributed by atoms with Crippen LogP contribution >= 0.6 is 0 Å². The molecule has 1 fully saturated rings. The van der Waals surface area contributed by atoms with Gasteiger partial charge in [0.2, 0.25) is 0 Å². The molecule has 0 aliphatic carbocycles. The summed E-state index contributed by atoms with van der Waals surface area (Å²) in [7, 11) is 0. The molecule has 17 heavy (non-hydrogen) atoms. The molecule has 2 rings (SSSR count). The monoisotopic (exact) mass is 240 g/mol. The highest BCUT2D eigenvalue weighted by Gasteiger charge is 2.47. The van der Waals surface area contributed by atoms with E-state index >= 15 is 0 Å². The first-order valence-corrected chi connectivity index (χ1v) is 5.48. The summed E-state index contributed by atoms with van der Waals surface area (Å²) >= 11 is 0. The molecule has 2 unspecified atom stereocenters. The van der Waals surface area contributed by atoms with Crippen LogP contribution in [0.1, 0.15) is 19.8 Å². The molecule has 0 radical (unpaired) electrons. The Morgan fingerprint density at radius 1 is 1.76 bits per heavy atom. The smallest absolute Gasteiger partial charge is 0.303 e. The topological polar surface area (TPSA) is 89.2 Å². The molecule has 1 saturated heterocycles. The molecule has 0 amide bonds. The SMILES string of the molecule is CC(=O)OC1CCCOC1(N)N1N=CC=CN1. The number of ether oxygens (including phenoxy) is 2. The Bertz CT molecular complexity index is 357. The van der Waals surface area contributed by atoms with Crippen LogP contribution in [0.2, 0.25) is 0 Å². The Balaban J connectivity index is 2.15. The number of allylic oxidation sites excluding steroid dienone is 1. The maximum atomic E-state index is 11.1. The van der Waals surface area contributed by atoms with Crippen molar-refractivity contribution in [1.29, 1.82) is 0 Å². The Hall–Kier alpha value is -1.60. The second-order valence-electron chi connectivity index (χ2n) is 3.91. The van der Waals surface area contributed by atoms with Crippen LogP contribution in [0.15, 0.2) is 17.4 Å². The minimum Gasteiger partial charge on any atom is -0.456 e. The number of nitrogens with one attached hydrogen (secondary N) is 1. The molecular formula is C10H16N4O3. The third kappa shape index (κ3) is 2.40. The quantitative estimate of drug-likeness (QED) is 0.642. The van der Waals surface area contributed by atoms with Crippen LogP contribution in [0, 0.1) is 0 Å². The number of nitrogens with zero attached hydrogens (tertiary/aromatic N) is 2. The van der Waals surface area contributed by atoms with E-state index in [-0.39, 0.29) is 5.97 Å². The summed E-state index contributed by atoms with van der Waals surface area (Å²) in [5, 5.41) is 5.41. The molecule has 0 aromatic carbocycles. The number of nitrogens with two attached hydrogens (primary N) is 1. The van der Waals surface area contributed by atoms with E-state index in [1.54, 1.807) is 18.5 Å². The largest absolute Gasteiger partial charge is 0.456 e. The predicted molar refractivity (Wildman–Crippen MR) is 60.3 cm³/mol. The summed E-state index contributed by atoms with van der Waals surface area (Å²) in [6.45, 7) is 1.85. The van der Waals surface area contributed by atoms with Gasteiger partial charge in [0.1, 0.15) is 0 Å². The Morgan fingerprint density at radius 3 is 3.24 bits per heavy atom. The van der Waals surface area contributed by atoms with E-state index in [9.17, 15) is 4.79 Å². The van der Waals surface area contributed by atoms with Crippen LogP contribution in [0.25, 0.3) is 0 Å². The van der Waals surface area contributed by atoms with Crippen LogP contribution in [0.4, 0.5) is 0 Å². The van der Waals surface area contributed by atoms with Crippen molar-refractivity contribution >= 4 is 12.2 Å². The zero-order valence-corrected chi connectivity index (χ0v) is 9.63. The van der Waals surface area contributed by atoms with Crippen molar-refractivity contribution in [1.82, 2.24) is 10.5 Å². The number of carbonyl (C=O) groups excluding carboxylic acids is 1. The van der Waals surface area contributed by atoms with Crippen LogP contribution in [-0.4, -0.2) is 35.9 Å². The van der Waals surface area contributed by atoms with E-state index in [0.717, 1.165) is 6.42 Å². The maximum absolute atomic E-state index is 11.1. The second kappa shape index (κ2) is 4.72. The highest BCUT2D eigenvalue weighted by Crippen LogP contribution is 2.26. The van der Waals surface area contributed by atoms with Crippen LogP contribution in [0.3, 0.4) is 0 Å². The lowest BCUT2D eigenvalue weighted by atomic mass is 10.1. The number of rotatable bonds is 2. The first-order chi connectivity index (χ1) is 8.13. The van der Waals surface area contributed by atoms with Gasteiger partial charge in [0.25, 0.3) is 5.85 Å². The van der Waals surface area contributed by atoms with Crippen molar-refractivity contribution in [2.24, 2.45) is 10.8 Å². The van der Waals surface area contributed by atoms with E-state index in [1.165, 1.54) is 12.0 Å². The van der Waals surface area contributed by atoms with Crippen molar-refractivity contribution in [3.63, 3.8) is 0 Å². The fourth-order valence-corrected chi connectivity index (χ4v) is 1.83. The van der Waals surface area contributed by atoms with E-state index in [1.807, 2.05) is 0 Å². The average molecular weight is 240 g/mol. The fraction of sp³-hybridized carbons (Fsp3) is 0.600. The van der Waals surface area contributed by atoms with Gasteiger partial charge in [0.05, 0.1) is 12.8 Å². The molecule has 0 aromatic rings. The Kier molecular flexibility index (Phi) is 3.30. The molecule has 2 atom stereocenters. The number of hydrazine groups is 1. The number of esters is 1. The molecule has 7 nitrogen and oxygen atoms in total. The van der Waals surface area contributed by atoms with Crippen molar-refractivity contribution in [2.45, 2.75) is 31.7 Å². The zero-order valence-electron chi connectivity index (χ0n) is 9.63. The second-order valence-corrected chi connectivity index (χ2v) is 3.91. The van der Waals surface area contributed by atoms with E-state index in [2.05, 4.69) is 10.5 Å². The normalized spacial score (nSPS) is 32.1. The highest BCUT2D eigenvalue weighted by atomic mass is 16.6. The molecule has 0 saturated carbocycles. The minimum absolute atomic E-state index is 0.383. The molecule has 0 aromatic heterocycles. The Morgan fingerprint density at radius 2 is 2.59 bits per heavy atom.